The number of likely N-dealkylation sites (tertiary alicyclic amines) is 1. The highest BCUT2D eigenvalue weighted by atomic mass is 16.6. The molecule has 1 fully saturated rings. The minimum atomic E-state index is -0.520. The van der Waals surface area contributed by atoms with E-state index in [1.165, 1.54) is 5.56 Å². The molecular formula is C26H32N2O3. The van der Waals surface area contributed by atoms with Crippen molar-refractivity contribution in [1.82, 2.24) is 10.2 Å². The smallest absolute Gasteiger partial charge is 0.407 e. The molecule has 1 amide bonds. The van der Waals surface area contributed by atoms with Gasteiger partial charge in [-0.3, -0.25) is 4.90 Å². The topological polar surface area (TPSA) is 50.8 Å². The minimum absolute atomic E-state index is 0.0167. The molecule has 2 aromatic rings. The fraction of sp³-hybridized carbons (Fsp3) is 0.423. The van der Waals surface area contributed by atoms with Gasteiger partial charge < -0.3 is 14.8 Å². The van der Waals surface area contributed by atoms with Gasteiger partial charge in [-0.2, -0.15) is 0 Å². The second-order valence-electron chi connectivity index (χ2n) is 8.95. The number of ether oxygens (including phenoxy) is 2. The third kappa shape index (κ3) is 7.66. The summed E-state index contributed by atoms with van der Waals surface area (Å²) in [5.74, 6) is 7.71. The van der Waals surface area contributed by atoms with E-state index < -0.39 is 5.60 Å². The molecule has 31 heavy (non-hydrogen) atoms. The molecule has 0 unspecified atom stereocenters. The lowest BCUT2D eigenvalue weighted by atomic mass is 9.94. The number of nitrogens with zero attached hydrogens (tertiary/aromatic N) is 1. The highest BCUT2D eigenvalue weighted by Crippen LogP contribution is 2.21. The second kappa shape index (κ2) is 10.4. The number of carbonyl (C=O) groups is 1. The summed E-state index contributed by atoms with van der Waals surface area (Å²) in [6.45, 7) is 8.03. The molecule has 0 aromatic heterocycles. The van der Waals surface area contributed by atoms with Crippen molar-refractivity contribution in [3.05, 3.63) is 65.7 Å². The average Bonchev–Trinajstić information content (AvgIpc) is 2.72. The molecule has 1 saturated heterocycles. The van der Waals surface area contributed by atoms with E-state index >= 15 is 0 Å². The molecule has 0 aliphatic carbocycles. The maximum atomic E-state index is 12.3. The zero-order chi connectivity index (χ0) is 22.3. The van der Waals surface area contributed by atoms with Gasteiger partial charge in [-0.15, -0.1) is 0 Å². The van der Waals surface area contributed by atoms with Crippen LogP contribution in [-0.4, -0.2) is 42.8 Å². The van der Waals surface area contributed by atoms with Gasteiger partial charge in [-0.1, -0.05) is 42.2 Å². The van der Waals surface area contributed by atoms with Crippen LogP contribution in [0.15, 0.2) is 54.6 Å². The third-order valence-electron chi connectivity index (χ3n) is 5.01. The largest absolute Gasteiger partial charge is 0.497 e. The predicted octanol–water partition coefficient (Wildman–Crippen LogP) is 4.46. The van der Waals surface area contributed by atoms with Crippen LogP contribution in [0.25, 0.3) is 0 Å². The van der Waals surface area contributed by atoms with E-state index in [0.29, 0.717) is 0 Å². The molecule has 1 N–H and O–H groups in total. The molecule has 2 atom stereocenters. The van der Waals surface area contributed by atoms with Crippen LogP contribution >= 0.6 is 0 Å². The highest BCUT2D eigenvalue weighted by molar-refractivity contribution is 5.68. The second-order valence-corrected chi connectivity index (χ2v) is 8.95. The predicted molar refractivity (Wildman–Crippen MR) is 123 cm³/mol. The fourth-order valence-corrected chi connectivity index (χ4v) is 3.70. The van der Waals surface area contributed by atoms with Gasteiger partial charge in [-0.05, 0) is 57.0 Å². The lowest BCUT2D eigenvalue weighted by Crippen LogP contribution is -2.51. The molecule has 5 nitrogen and oxygen atoms in total. The first-order valence-electron chi connectivity index (χ1n) is 10.7. The standard InChI is InChI=1S/C26H32N2O3/c1-26(2,3)31-25(29)27-23-16-22(11-10-20-8-6-5-7-9-20)18-28(19-23)17-21-12-14-24(30-4)15-13-21/h5-9,12-15,22-23H,16-19H2,1-4H3,(H,27,29)/t22-,23+/m1/s1. The zero-order valence-corrected chi connectivity index (χ0v) is 18.9. The number of hydrogen-bond acceptors (Lipinski definition) is 4. The van der Waals surface area contributed by atoms with Crippen LogP contribution in [0, 0.1) is 17.8 Å². The van der Waals surface area contributed by atoms with Crippen molar-refractivity contribution in [2.75, 3.05) is 20.2 Å². The molecule has 1 aliphatic heterocycles. The molecule has 164 valence electrons. The quantitative estimate of drug-likeness (QED) is 0.742. The molecular weight excluding hydrogens is 388 g/mol. The van der Waals surface area contributed by atoms with Crippen molar-refractivity contribution >= 4 is 6.09 Å². The first kappa shape index (κ1) is 22.7. The van der Waals surface area contributed by atoms with E-state index in [0.717, 1.165) is 37.4 Å². The van der Waals surface area contributed by atoms with E-state index in [4.69, 9.17) is 9.47 Å². The Kier molecular flexibility index (Phi) is 7.59. The van der Waals surface area contributed by atoms with Gasteiger partial charge in [0, 0.05) is 37.2 Å². The van der Waals surface area contributed by atoms with Crippen molar-refractivity contribution in [3.8, 4) is 17.6 Å². The fourth-order valence-electron chi connectivity index (χ4n) is 3.70. The molecule has 2 aromatic carbocycles. The Morgan fingerprint density at radius 2 is 1.81 bits per heavy atom. The maximum Gasteiger partial charge on any atom is 0.407 e. The van der Waals surface area contributed by atoms with Gasteiger partial charge in [0.05, 0.1) is 7.11 Å². The van der Waals surface area contributed by atoms with Crippen LogP contribution < -0.4 is 10.1 Å². The zero-order valence-electron chi connectivity index (χ0n) is 18.9. The molecule has 1 aliphatic rings. The van der Waals surface area contributed by atoms with Crippen molar-refractivity contribution in [3.63, 3.8) is 0 Å². The number of amides is 1. The Labute approximate surface area is 185 Å². The average molecular weight is 421 g/mol. The van der Waals surface area contributed by atoms with E-state index in [9.17, 15) is 4.79 Å². The molecule has 0 saturated carbocycles. The normalized spacial score (nSPS) is 19.1. The van der Waals surface area contributed by atoms with E-state index in [1.54, 1.807) is 7.11 Å². The molecule has 5 heteroatoms. The first-order valence-corrected chi connectivity index (χ1v) is 10.7. The Morgan fingerprint density at radius 3 is 2.45 bits per heavy atom. The van der Waals surface area contributed by atoms with Gasteiger partial charge in [0.1, 0.15) is 11.4 Å². The van der Waals surface area contributed by atoms with Gasteiger partial charge in [0.15, 0.2) is 0 Å². The Balaban J connectivity index is 1.71. The van der Waals surface area contributed by atoms with Crippen LogP contribution in [0.5, 0.6) is 5.75 Å². The summed E-state index contributed by atoms with van der Waals surface area (Å²) < 4.78 is 10.7. The van der Waals surface area contributed by atoms with Gasteiger partial charge >= 0.3 is 6.09 Å². The van der Waals surface area contributed by atoms with E-state index in [-0.39, 0.29) is 18.1 Å². The molecule has 0 spiro atoms. The lowest BCUT2D eigenvalue weighted by Gasteiger charge is -2.36. The number of piperidine rings is 1. The summed E-state index contributed by atoms with van der Waals surface area (Å²) in [6.07, 6.45) is 0.427. The van der Waals surface area contributed by atoms with Crippen LogP contribution in [0.2, 0.25) is 0 Å². The van der Waals surface area contributed by atoms with Crippen LogP contribution in [-0.2, 0) is 11.3 Å². The van der Waals surface area contributed by atoms with E-state index in [1.807, 2.05) is 63.2 Å². The summed E-state index contributed by atoms with van der Waals surface area (Å²) in [5.41, 5.74) is 1.69. The molecule has 0 bridgehead atoms. The summed E-state index contributed by atoms with van der Waals surface area (Å²) in [5, 5.41) is 3.05. The monoisotopic (exact) mass is 420 g/mol. The van der Waals surface area contributed by atoms with Gasteiger partial charge in [0.2, 0.25) is 0 Å². The van der Waals surface area contributed by atoms with Crippen molar-refractivity contribution in [2.24, 2.45) is 5.92 Å². The number of alkyl carbamates (subject to hydrolysis) is 1. The SMILES string of the molecule is COc1ccc(CN2C[C@H](C#Cc3ccccc3)C[C@H](NC(=O)OC(C)(C)C)C2)cc1. The van der Waals surface area contributed by atoms with E-state index in [2.05, 4.69) is 34.2 Å². The molecule has 1 heterocycles. The number of nitrogens with one attached hydrogen (secondary N) is 1. The first-order chi connectivity index (χ1) is 14.8. The summed E-state index contributed by atoms with van der Waals surface area (Å²) in [7, 11) is 1.67. The number of hydrogen-bond donors (Lipinski definition) is 1. The van der Waals surface area contributed by atoms with Crippen LogP contribution in [0.3, 0.4) is 0 Å². The van der Waals surface area contributed by atoms with Crippen molar-refractivity contribution in [1.29, 1.82) is 0 Å². The van der Waals surface area contributed by atoms with Crippen molar-refractivity contribution in [2.45, 2.75) is 45.4 Å². The molecule has 0 radical (unpaired) electrons. The van der Waals surface area contributed by atoms with Crippen LogP contribution in [0.1, 0.15) is 38.3 Å². The van der Waals surface area contributed by atoms with Gasteiger partial charge in [0.25, 0.3) is 0 Å². The summed E-state index contributed by atoms with van der Waals surface area (Å²) in [6, 6.07) is 18.1. The number of rotatable bonds is 4. The Morgan fingerprint density at radius 1 is 1.10 bits per heavy atom. The summed E-state index contributed by atoms with van der Waals surface area (Å²) in [4.78, 5) is 14.7. The Bertz CT molecular complexity index is 908. The lowest BCUT2D eigenvalue weighted by molar-refractivity contribution is 0.0458. The number of methoxy groups -OCH3 is 1. The minimum Gasteiger partial charge on any atom is -0.497 e. The summed E-state index contributed by atoms with van der Waals surface area (Å²) >= 11 is 0. The van der Waals surface area contributed by atoms with Gasteiger partial charge in [-0.25, -0.2) is 4.79 Å². The van der Waals surface area contributed by atoms with Crippen LogP contribution in [0.4, 0.5) is 4.79 Å². The third-order valence-corrected chi connectivity index (χ3v) is 5.01. The maximum absolute atomic E-state index is 12.3. The number of carbonyl (C=O) groups excluding carboxylic acids is 1. The Hall–Kier alpha value is -2.97. The molecule has 3 rings (SSSR count). The number of benzene rings is 2. The highest BCUT2D eigenvalue weighted by Gasteiger charge is 2.29. The van der Waals surface area contributed by atoms with Crippen molar-refractivity contribution < 1.29 is 14.3 Å².